The molecule has 0 unspecified atom stereocenters. The summed E-state index contributed by atoms with van der Waals surface area (Å²) in [6.07, 6.45) is -3.49. The van der Waals surface area contributed by atoms with Gasteiger partial charge in [0.15, 0.2) is 5.69 Å². The van der Waals surface area contributed by atoms with Crippen molar-refractivity contribution in [3.63, 3.8) is 0 Å². The van der Waals surface area contributed by atoms with Crippen LogP contribution in [-0.4, -0.2) is 60.5 Å². The largest absolute Gasteiger partial charge is 0.405 e. The fourth-order valence-electron chi connectivity index (χ4n) is 3.25. The van der Waals surface area contributed by atoms with Gasteiger partial charge in [-0.2, -0.15) is 13.2 Å². The molecule has 2 heterocycles. The zero-order chi connectivity index (χ0) is 24.3. The number of rotatable bonds is 4. The molecular formula is C19H20F5N7OS. The number of nitrogens with two attached hydrogens (primary N) is 2. The van der Waals surface area contributed by atoms with Gasteiger partial charge in [-0.25, -0.2) is 13.8 Å². The molecule has 1 aromatic heterocycles. The molecule has 8 nitrogen and oxygen atoms in total. The Bertz CT molecular complexity index is 1080. The van der Waals surface area contributed by atoms with Crippen LogP contribution in [-0.2, 0) is 0 Å². The molecule has 6 N–H and O–H groups in total. The number of amidine groups is 1. The van der Waals surface area contributed by atoms with E-state index in [1.54, 1.807) is 0 Å². The van der Waals surface area contributed by atoms with E-state index in [4.69, 9.17) is 11.5 Å². The number of benzene rings is 1. The number of thiazole rings is 1. The number of nitrogens with zero attached hydrogens (tertiary/aromatic N) is 3. The molecular weight excluding hydrogens is 469 g/mol. The minimum atomic E-state index is -4.47. The number of carbonyl (C=O) groups excluding carboxylic acids is 1. The Balaban J connectivity index is 1.82. The third-order valence-corrected chi connectivity index (χ3v) is 5.68. The second kappa shape index (κ2) is 9.70. The van der Waals surface area contributed by atoms with Crippen molar-refractivity contribution in [2.45, 2.75) is 12.2 Å². The summed E-state index contributed by atoms with van der Waals surface area (Å²) in [5, 5.41) is 4.54. The first-order valence-corrected chi connectivity index (χ1v) is 10.3. The van der Waals surface area contributed by atoms with E-state index < -0.39 is 41.9 Å². The molecule has 1 saturated heterocycles. The first kappa shape index (κ1) is 24.4. The van der Waals surface area contributed by atoms with E-state index in [0.717, 1.165) is 18.3 Å². The first-order chi connectivity index (χ1) is 15.6. The summed E-state index contributed by atoms with van der Waals surface area (Å²) in [7, 11) is 1.34. The lowest BCUT2D eigenvalue weighted by Crippen LogP contribution is -2.59. The lowest BCUT2D eigenvalue weighted by molar-refractivity contribution is -0.161. The Morgan fingerprint density at radius 3 is 2.61 bits per heavy atom. The van der Waals surface area contributed by atoms with Crippen LogP contribution in [0.15, 0.2) is 35.1 Å². The highest BCUT2D eigenvalue weighted by Crippen LogP contribution is 2.33. The van der Waals surface area contributed by atoms with E-state index in [2.05, 4.69) is 20.6 Å². The van der Waals surface area contributed by atoms with Crippen molar-refractivity contribution in [1.29, 1.82) is 0 Å². The summed E-state index contributed by atoms with van der Waals surface area (Å²) in [6.45, 7) is -0.230. The number of aromatic nitrogens is 1. The smallest absolute Gasteiger partial charge is 0.403 e. The van der Waals surface area contributed by atoms with Gasteiger partial charge in [-0.3, -0.25) is 9.79 Å². The molecule has 1 aliphatic heterocycles. The third-order valence-electron chi connectivity index (χ3n) is 4.78. The lowest BCUT2D eigenvalue weighted by Gasteiger charge is -2.36. The number of piperazine rings is 1. The van der Waals surface area contributed by atoms with Crippen LogP contribution in [0.4, 0.5) is 27.0 Å². The molecule has 0 spiro atoms. The molecule has 1 atom stereocenters. The highest BCUT2D eigenvalue weighted by atomic mass is 32.1. The van der Waals surface area contributed by atoms with Gasteiger partial charge in [0.2, 0.25) is 0 Å². The van der Waals surface area contributed by atoms with Gasteiger partial charge in [0.05, 0.1) is 11.3 Å². The minimum Gasteiger partial charge on any atom is -0.403 e. The molecule has 3 rings (SSSR count). The molecule has 1 aromatic carbocycles. The van der Waals surface area contributed by atoms with Gasteiger partial charge in [0, 0.05) is 32.9 Å². The van der Waals surface area contributed by atoms with E-state index in [1.165, 1.54) is 18.0 Å². The number of anilines is 1. The predicted octanol–water partition coefficient (Wildman–Crippen LogP) is 2.06. The van der Waals surface area contributed by atoms with E-state index in [1.807, 2.05) is 0 Å². The van der Waals surface area contributed by atoms with E-state index >= 15 is 0 Å². The lowest BCUT2D eigenvalue weighted by atomic mass is 10.2. The zero-order valence-electron chi connectivity index (χ0n) is 17.2. The van der Waals surface area contributed by atoms with Crippen LogP contribution in [0.25, 0.3) is 10.6 Å². The number of halogens is 5. The highest BCUT2D eigenvalue weighted by Gasteiger charge is 2.42. The third kappa shape index (κ3) is 5.22. The standard InChI is InChI=1S/C19H20F5N7OS/c1-27-16(31-6-5-28-12(8-31)19(22,23)24)11(7-25)29-17(32)14-15(26)33-18(30-14)13-9(20)3-2-4-10(13)21/h2-4,7,12,28H,5-6,8,25-26H2,1H3,(H,29,32)/t12-/m0/s1. The van der Waals surface area contributed by atoms with Crippen LogP contribution < -0.4 is 22.1 Å². The van der Waals surface area contributed by atoms with Crippen molar-refractivity contribution in [2.24, 2.45) is 10.7 Å². The summed E-state index contributed by atoms with van der Waals surface area (Å²) in [4.78, 5) is 22.0. The number of carbonyl (C=O) groups is 1. The maximum absolute atomic E-state index is 14.1. The molecule has 14 heteroatoms. The Labute approximate surface area is 189 Å². The fourth-order valence-corrected chi connectivity index (χ4v) is 4.13. The Morgan fingerprint density at radius 2 is 2.03 bits per heavy atom. The maximum Gasteiger partial charge on any atom is 0.405 e. The van der Waals surface area contributed by atoms with Crippen LogP contribution in [0, 0.1) is 11.6 Å². The predicted molar refractivity (Wildman–Crippen MR) is 114 cm³/mol. The quantitative estimate of drug-likeness (QED) is 0.296. The summed E-state index contributed by atoms with van der Waals surface area (Å²) >= 11 is 0.705. The van der Waals surface area contributed by atoms with E-state index in [-0.39, 0.29) is 40.3 Å². The number of aliphatic imine (C=N–C) groups is 1. The molecule has 178 valence electrons. The Morgan fingerprint density at radius 1 is 1.36 bits per heavy atom. The molecule has 0 bridgehead atoms. The molecule has 0 radical (unpaired) electrons. The molecule has 1 amide bonds. The summed E-state index contributed by atoms with van der Waals surface area (Å²) < 4.78 is 67.5. The number of amides is 1. The maximum atomic E-state index is 14.1. The summed E-state index contributed by atoms with van der Waals surface area (Å²) in [6, 6.07) is 1.47. The van der Waals surface area contributed by atoms with Crippen molar-refractivity contribution in [1.82, 2.24) is 20.5 Å². The van der Waals surface area contributed by atoms with Crippen LogP contribution in [0.1, 0.15) is 10.5 Å². The summed E-state index contributed by atoms with van der Waals surface area (Å²) in [5.41, 5.74) is 10.6. The zero-order valence-corrected chi connectivity index (χ0v) is 18.0. The fraction of sp³-hybridized carbons (Fsp3) is 0.316. The van der Waals surface area contributed by atoms with Crippen molar-refractivity contribution < 1.29 is 26.7 Å². The average Bonchev–Trinajstić information content (AvgIpc) is 3.14. The van der Waals surface area contributed by atoms with Gasteiger partial charge in [-0.15, -0.1) is 0 Å². The molecule has 1 fully saturated rings. The molecule has 0 aliphatic carbocycles. The minimum absolute atomic E-state index is 0.0239. The second-order valence-electron chi connectivity index (χ2n) is 6.90. The van der Waals surface area contributed by atoms with Crippen molar-refractivity contribution in [3.8, 4) is 10.6 Å². The molecule has 33 heavy (non-hydrogen) atoms. The van der Waals surface area contributed by atoms with Gasteiger partial charge in [0.1, 0.15) is 33.5 Å². The second-order valence-corrected chi connectivity index (χ2v) is 7.94. The Kier molecular flexibility index (Phi) is 7.17. The number of nitrogens with one attached hydrogen (secondary N) is 2. The molecule has 0 saturated carbocycles. The normalized spacial score (nSPS) is 17.9. The van der Waals surface area contributed by atoms with Crippen LogP contribution in [0.5, 0.6) is 0 Å². The van der Waals surface area contributed by atoms with Crippen molar-refractivity contribution >= 4 is 28.1 Å². The van der Waals surface area contributed by atoms with E-state index in [9.17, 15) is 26.7 Å². The van der Waals surface area contributed by atoms with Gasteiger partial charge in [-0.05, 0) is 12.1 Å². The monoisotopic (exact) mass is 489 g/mol. The number of hydrogen-bond donors (Lipinski definition) is 4. The first-order valence-electron chi connectivity index (χ1n) is 9.53. The summed E-state index contributed by atoms with van der Waals surface area (Å²) in [5.74, 6) is -2.60. The number of nitrogen functional groups attached to an aromatic ring is 1. The van der Waals surface area contributed by atoms with Crippen molar-refractivity contribution in [2.75, 3.05) is 32.4 Å². The number of alkyl halides is 3. The average molecular weight is 489 g/mol. The highest BCUT2D eigenvalue weighted by molar-refractivity contribution is 7.19. The van der Waals surface area contributed by atoms with Crippen LogP contribution in [0.2, 0.25) is 0 Å². The van der Waals surface area contributed by atoms with Gasteiger partial charge in [0.25, 0.3) is 5.91 Å². The Hall–Kier alpha value is -3.26. The molecule has 1 aliphatic rings. The van der Waals surface area contributed by atoms with Crippen LogP contribution >= 0.6 is 11.3 Å². The molecule has 2 aromatic rings. The van der Waals surface area contributed by atoms with Crippen LogP contribution in [0.3, 0.4) is 0 Å². The van der Waals surface area contributed by atoms with Gasteiger partial charge < -0.3 is 27.0 Å². The topological polar surface area (TPSA) is 122 Å². The van der Waals surface area contributed by atoms with Gasteiger partial charge in [-0.1, -0.05) is 17.4 Å². The number of hydrogen-bond acceptors (Lipinski definition) is 7. The van der Waals surface area contributed by atoms with Crippen molar-refractivity contribution in [3.05, 3.63) is 47.4 Å². The SMILES string of the molecule is CN=C(C(=CN)NC(=O)c1nc(-c2c(F)cccc2F)sc1N)N1CCN[C@H](C(F)(F)F)C1. The van der Waals surface area contributed by atoms with Gasteiger partial charge >= 0.3 is 6.18 Å². The van der Waals surface area contributed by atoms with E-state index in [0.29, 0.717) is 11.3 Å².